The van der Waals surface area contributed by atoms with Gasteiger partial charge in [-0.05, 0) is 25.3 Å². The van der Waals surface area contributed by atoms with Crippen molar-refractivity contribution >= 4 is 17.7 Å². The number of hydrogen-bond donors (Lipinski definition) is 1. The molecular weight excluding hydrogens is 344 g/mol. The number of thioether (sulfide) groups is 1. The molecular formula is C20H28N4OS. The molecule has 0 aliphatic heterocycles. The zero-order valence-corrected chi connectivity index (χ0v) is 16.3. The van der Waals surface area contributed by atoms with Gasteiger partial charge in [-0.3, -0.25) is 4.79 Å². The summed E-state index contributed by atoms with van der Waals surface area (Å²) < 4.78 is 2.11. The summed E-state index contributed by atoms with van der Waals surface area (Å²) in [6.07, 6.45) is 8.04. The van der Waals surface area contributed by atoms with Gasteiger partial charge in [0.1, 0.15) is 5.82 Å². The lowest BCUT2D eigenvalue weighted by Crippen LogP contribution is -2.35. The Bertz CT molecular complexity index is 693. The van der Waals surface area contributed by atoms with E-state index in [2.05, 4.69) is 39.1 Å². The average molecular weight is 373 g/mol. The first-order valence-electron chi connectivity index (χ1n) is 9.64. The van der Waals surface area contributed by atoms with Crippen LogP contribution < -0.4 is 5.32 Å². The van der Waals surface area contributed by atoms with Crippen LogP contribution in [0.3, 0.4) is 0 Å². The third-order valence-electron chi connectivity index (χ3n) is 4.87. The topological polar surface area (TPSA) is 59.8 Å². The van der Waals surface area contributed by atoms with E-state index in [-0.39, 0.29) is 5.91 Å². The Hall–Kier alpha value is -1.82. The molecule has 1 saturated carbocycles. The lowest BCUT2D eigenvalue weighted by atomic mass is 10.1. The van der Waals surface area contributed by atoms with E-state index in [0.717, 1.165) is 36.8 Å². The first kappa shape index (κ1) is 19.0. The average Bonchev–Trinajstić information content (AvgIpc) is 2.85. The van der Waals surface area contributed by atoms with Gasteiger partial charge in [-0.15, -0.1) is 10.2 Å². The molecule has 2 aromatic rings. The molecule has 1 heterocycles. The molecule has 3 rings (SSSR count). The van der Waals surface area contributed by atoms with Crippen molar-refractivity contribution in [3.63, 3.8) is 0 Å². The number of carbonyl (C=O) groups is 1. The van der Waals surface area contributed by atoms with Crippen LogP contribution in [0.5, 0.6) is 0 Å². The fraction of sp³-hybridized carbons (Fsp3) is 0.550. The number of nitrogens with one attached hydrogen (secondary N) is 1. The van der Waals surface area contributed by atoms with Crippen molar-refractivity contribution in [3.05, 3.63) is 41.7 Å². The van der Waals surface area contributed by atoms with Crippen molar-refractivity contribution in [2.45, 2.75) is 69.6 Å². The summed E-state index contributed by atoms with van der Waals surface area (Å²) in [4.78, 5) is 12.3. The van der Waals surface area contributed by atoms with E-state index in [1.807, 2.05) is 18.2 Å². The zero-order chi connectivity index (χ0) is 18.2. The van der Waals surface area contributed by atoms with E-state index >= 15 is 0 Å². The maximum absolute atomic E-state index is 12.3. The third kappa shape index (κ3) is 5.34. The molecule has 1 aliphatic rings. The maximum atomic E-state index is 12.3. The summed E-state index contributed by atoms with van der Waals surface area (Å²) in [6, 6.07) is 10.6. The van der Waals surface area contributed by atoms with Gasteiger partial charge in [-0.2, -0.15) is 0 Å². The second kappa shape index (κ2) is 9.76. The van der Waals surface area contributed by atoms with Crippen molar-refractivity contribution in [2.24, 2.45) is 0 Å². The van der Waals surface area contributed by atoms with E-state index in [9.17, 15) is 4.79 Å². The molecule has 1 N–H and O–H groups in total. The molecule has 1 fully saturated rings. The normalized spacial score (nSPS) is 15.6. The Morgan fingerprint density at radius 1 is 1.15 bits per heavy atom. The molecule has 1 amide bonds. The van der Waals surface area contributed by atoms with Crippen LogP contribution in [0.4, 0.5) is 0 Å². The molecule has 0 saturated heterocycles. The van der Waals surface area contributed by atoms with Crippen LogP contribution in [-0.4, -0.2) is 32.5 Å². The Balaban J connectivity index is 1.55. The highest BCUT2D eigenvalue weighted by molar-refractivity contribution is 7.99. The third-order valence-corrected chi connectivity index (χ3v) is 5.83. The summed E-state index contributed by atoms with van der Waals surface area (Å²) in [5, 5.41) is 12.7. The zero-order valence-electron chi connectivity index (χ0n) is 15.5. The number of rotatable bonds is 7. The van der Waals surface area contributed by atoms with Gasteiger partial charge in [0.05, 0.1) is 5.75 Å². The van der Waals surface area contributed by atoms with E-state index < -0.39 is 0 Å². The number of nitrogens with zero attached hydrogens (tertiary/aromatic N) is 3. The second-order valence-corrected chi connectivity index (χ2v) is 7.79. The van der Waals surface area contributed by atoms with Crippen molar-refractivity contribution in [1.82, 2.24) is 20.1 Å². The highest BCUT2D eigenvalue weighted by Gasteiger charge is 2.17. The minimum Gasteiger partial charge on any atom is -0.353 e. The van der Waals surface area contributed by atoms with E-state index in [4.69, 9.17) is 0 Å². The summed E-state index contributed by atoms with van der Waals surface area (Å²) in [7, 11) is 0. The molecule has 6 heteroatoms. The quantitative estimate of drug-likeness (QED) is 0.593. The number of carbonyl (C=O) groups excluding carboxylic acids is 1. The number of amides is 1. The van der Waals surface area contributed by atoms with Gasteiger partial charge < -0.3 is 9.88 Å². The summed E-state index contributed by atoms with van der Waals surface area (Å²) in [5.74, 6) is 1.46. The molecule has 5 nitrogen and oxygen atoms in total. The second-order valence-electron chi connectivity index (χ2n) is 6.85. The fourth-order valence-corrected chi connectivity index (χ4v) is 4.31. The standard InChI is InChI=1S/C20H28N4OS/c1-2-24-18(14-16-10-6-5-7-11-16)22-23-20(24)26-15-19(25)21-17-12-8-3-4-9-13-17/h5-7,10-11,17H,2-4,8-9,12-15H2,1H3,(H,21,25). The minimum absolute atomic E-state index is 0.108. The number of hydrogen-bond acceptors (Lipinski definition) is 4. The number of aromatic nitrogens is 3. The Morgan fingerprint density at radius 2 is 1.88 bits per heavy atom. The monoisotopic (exact) mass is 372 g/mol. The predicted molar refractivity (Wildman–Crippen MR) is 105 cm³/mol. The minimum atomic E-state index is 0.108. The summed E-state index contributed by atoms with van der Waals surface area (Å²) in [5.41, 5.74) is 1.22. The van der Waals surface area contributed by atoms with E-state index in [0.29, 0.717) is 11.8 Å². The highest BCUT2D eigenvalue weighted by Crippen LogP contribution is 2.20. The molecule has 0 unspecified atom stereocenters. The van der Waals surface area contributed by atoms with Gasteiger partial charge in [0.15, 0.2) is 5.16 Å². The molecule has 0 spiro atoms. The SMILES string of the molecule is CCn1c(Cc2ccccc2)nnc1SCC(=O)NC1CCCCCC1. The molecule has 1 aromatic heterocycles. The van der Waals surface area contributed by atoms with Crippen molar-refractivity contribution in [2.75, 3.05) is 5.75 Å². The highest BCUT2D eigenvalue weighted by atomic mass is 32.2. The van der Waals surface area contributed by atoms with Gasteiger partial charge >= 0.3 is 0 Å². The Labute approximate surface area is 160 Å². The van der Waals surface area contributed by atoms with Crippen molar-refractivity contribution in [1.29, 1.82) is 0 Å². The van der Waals surface area contributed by atoms with Gasteiger partial charge in [0.25, 0.3) is 0 Å². The Morgan fingerprint density at radius 3 is 2.58 bits per heavy atom. The lowest BCUT2D eigenvalue weighted by molar-refractivity contribution is -0.119. The first-order chi connectivity index (χ1) is 12.8. The number of benzene rings is 1. The summed E-state index contributed by atoms with van der Waals surface area (Å²) in [6.45, 7) is 2.90. The van der Waals surface area contributed by atoms with Crippen LogP contribution in [0, 0.1) is 0 Å². The first-order valence-corrected chi connectivity index (χ1v) is 10.6. The van der Waals surface area contributed by atoms with Crippen LogP contribution in [-0.2, 0) is 17.8 Å². The van der Waals surface area contributed by atoms with Gasteiger partial charge in [-0.25, -0.2) is 0 Å². The molecule has 26 heavy (non-hydrogen) atoms. The van der Waals surface area contributed by atoms with Crippen molar-refractivity contribution < 1.29 is 4.79 Å². The molecule has 0 atom stereocenters. The maximum Gasteiger partial charge on any atom is 0.230 e. The molecule has 1 aromatic carbocycles. The fourth-order valence-electron chi connectivity index (χ4n) is 3.48. The van der Waals surface area contributed by atoms with Crippen LogP contribution in [0.15, 0.2) is 35.5 Å². The van der Waals surface area contributed by atoms with Crippen LogP contribution in [0.2, 0.25) is 0 Å². The van der Waals surface area contributed by atoms with E-state index in [1.54, 1.807) is 0 Å². The summed E-state index contributed by atoms with van der Waals surface area (Å²) >= 11 is 1.48. The van der Waals surface area contributed by atoms with Gasteiger partial charge in [0.2, 0.25) is 5.91 Å². The Kier molecular flexibility index (Phi) is 7.12. The predicted octanol–water partition coefficient (Wildman–Crippen LogP) is 3.82. The van der Waals surface area contributed by atoms with E-state index in [1.165, 1.54) is 43.0 Å². The molecule has 1 aliphatic carbocycles. The van der Waals surface area contributed by atoms with Gasteiger partial charge in [0, 0.05) is 19.0 Å². The van der Waals surface area contributed by atoms with Crippen molar-refractivity contribution in [3.8, 4) is 0 Å². The molecule has 0 bridgehead atoms. The van der Waals surface area contributed by atoms with Crippen LogP contribution in [0.1, 0.15) is 56.8 Å². The lowest BCUT2D eigenvalue weighted by Gasteiger charge is -2.16. The largest absolute Gasteiger partial charge is 0.353 e. The van der Waals surface area contributed by atoms with Gasteiger partial charge in [-0.1, -0.05) is 67.8 Å². The van der Waals surface area contributed by atoms with Crippen LogP contribution in [0.25, 0.3) is 0 Å². The molecule has 0 radical (unpaired) electrons. The van der Waals surface area contributed by atoms with Crippen LogP contribution >= 0.6 is 11.8 Å². The molecule has 140 valence electrons. The smallest absolute Gasteiger partial charge is 0.230 e.